The Hall–Kier alpha value is -2.09. The number of carbonyl (C=O) groups is 1. The zero-order valence-electron chi connectivity index (χ0n) is 14.8. The van der Waals surface area contributed by atoms with Crippen LogP contribution in [-0.4, -0.2) is 22.2 Å². The Morgan fingerprint density at radius 2 is 1.83 bits per heavy atom. The number of hydrogen-bond donors (Lipinski definition) is 1. The smallest absolute Gasteiger partial charge is 0.417 e. The van der Waals surface area contributed by atoms with Crippen LogP contribution in [0.2, 0.25) is 15.1 Å². The number of halogens is 6. The van der Waals surface area contributed by atoms with E-state index in [9.17, 15) is 23.1 Å². The van der Waals surface area contributed by atoms with E-state index in [1.165, 1.54) is 22.8 Å². The Morgan fingerprint density at radius 1 is 1.14 bits per heavy atom. The van der Waals surface area contributed by atoms with Gasteiger partial charge in [-0.05, 0) is 36.8 Å². The summed E-state index contributed by atoms with van der Waals surface area (Å²) in [5, 5.41) is 9.70. The van der Waals surface area contributed by atoms with Crippen LogP contribution in [0.5, 0.6) is 5.75 Å². The van der Waals surface area contributed by atoms with E-state index in [1.807, 2.05) is 0 Å². The summed E-state index contributed by atoms with van der Waals surface area (Å²) in [5.41, 5.74) is -0.345. The van der Waals surface area contributed by atoms with E-state index in [1.54, 1.807) is 6.92 Å². The molecule has 1 heterocycles. The molecular formula is C19H13Cl3F3NO3. The van der Waals surface area contributed by atoms with Gasteiger partial charge < -0.3 is 14.4 Å². The zero-order chi connectivity index (χ0) is 21.5. The van der Waals surface area contributed by atoms with Gasteiger partial charge in [0.05, 0.1) is 32.8 Å². The molecule has 0 unspecified atom stereocenters. The number of nitrogens with zero attached hydrogens (tertiary/aromatic N) is 1. The van der Waals surface area contributed by atoms with Gasteiger partial charge in [0.15, 0.2) is 5.75 Å². The van der Waals surface area contributed by atoms with E-state index in [-0.39, 0.29) is 40.2 Å². The summed E-state index contributed by atoms with van der Waals surface area (Å²) in [6, 6.07) is 6.24. The largest absolute Gasteiger partial charge is 0.505 e. The third-order valence-electron chi connectivity index (χ3n) is 4.23. The van der Waals surface area contributed by atoms with Crippen molar-refractivity contribution < 1.29 is 27.8 Å². The number of phenolic OH excluding ortho intramolecular Hbond substituents is 1. The number of carbonyl (C=O) groups excluding carboxylic acids is 1. The number of hydrogen-bond acceptors (Lipinski definition) is 3. The van der Waals surface area contributed by atoms with Crippen LogP contribution in [0, 0.1) is 0 Å². The van der Waals surface area contributed by atoms with E-state index >= 15 is 0 Å². The maximum Gasteiger partial charge on any atom is 0.417 e. The summed E-state index contributed by atoms with van der Waals surface area (Å²) in [5.74, 6) is -1.06. The molecule has 4 nitrogen and oxygen atoms in total. The van der Waals surface area contributed by atoms with E-state index in [0.717, 1.165) is 12.1 Å². The van der Waals surface area contributed by atoms with Crippen LogP contribution in [0.4, 0.5) is 13.2 Å². The first kappa shape index (κ1) is 21.6. The molecule has 1 aromatic heterocycles. The standard InChI is InChI=1S/C19H13Cl3F3NO3/c1-2-29-18(28)15-6-10-14(7-13(21)17(27)16(10)22)26(15)8-9-3-4-12(20)11(5-9)19(23,24)25/h3-7,27H,2,8H2,1H3. The lowest BCUT2D eigenvalue weighted by Crippen LogP contribution is -2.13. The predicted molar refractivity (Wildman–Crippen MR) is 105 cm³/mol. The van der Waals surface area contributed by atoms with Gasteiger partial charge in [-0.25, -0.2) is 4.79 Å². The average molecular weight is 467 g/mol. The van der Waals surface area contributed by atoms with Gasteiger partial charge in [-0.3, -0.25) is 0 Å². The number of esters is 1. The lowest BCUT2D eigenvalue weighted by Gasteiger charge is -2.14. The fourth-order valence-electron chi connectivity index (χ4n) is 2.93. The first-order valence-corrected chi connectivity index (χ1v) is 9.41. The van der Waals surface area contributed by atoms with Gasteiger partial charge in [0.25, 0.3) is 0 Å². The molecule has 0 saturated carbocycles. The van der Waals surface area contributed by atoms with E-state index in [2.05, 4.69) is 0 Å². The highest BCUT2D eigenvalue weighted by Crippen LogP contribution is 2.40. The van der Waals surface area contributed by atoms with Gasteiger partial charge >= 0.3 is 12.1 Å². The molecule has 0 aliphatic rings. The minimum atomic E-state index is -4.63. The second-order valence-corrected chi connectivity index (χ2v) is 7.29. The fraction of sp³-hybridized carbons (Fsp3) is 0.211. The Kier molecular flexibility index (Phi) is 5.94. The van der Waals surface area contributed by atoms with Crippen molar-refractivity contribution in [1.29, 1.82) is 0 Å². The van der Waals surface area contributed by atoms with Crippen LogP contribution < -0.4 is 0 Å². The minimum Gasteiger partial charge on any atom is -0.505 e. The molecule has 154 valence electrons. The molecule has 0 amide bonds. The van der Waals surface area contributed by atoms with Crippen LogP contribution in [0.3, 0.4) is 0 Å². The van der Waals surface area contributed by atoms with E-state index in [4.69, 9.17) is 39.5 Å². The molecule has 0 radical (unpaired) electrons. The molecule has 0 aliphatic carbocycles. The van der Waals surface area contributed by atoms with Crippen molar-refractivity contribution in [3.8, 4) is 5.75 Å². The average Bonchev–Trinajstić information content (AvgIpc) is 2.99. The van der Waals surface area contributed by atoms with Gasteiger partial charge in [0.2, 0.25) is 0 Å². The maximum atomic E-state index is 13.2. The van der Waals surface area contributed by atoms with Crippen LogP contribution >= 0.6 is 34.8 Å². The monoisotopic (exact) mass is 465 g/mol. The van der Waals surface area contributed by atoms with E-state index < -0.39 is 22.7 Å². The van der Waals surface area contributed by atoms with Crippen LogP contribution in [0.15, 0.2) is 30.3 Å². The van der Waals surface area contributed by atoms with Crippen LogP contribution in [0.25, 0.3) is 10.9 Å². The molecule has 1 N–H and O–H groups in total. The van der Waals surface area contributed by atoms with Gasteiger partial charge in [-0.1, -0.05) is 40.9 Å². The first-order valence-electron chi connectivity index (χ1n) is 8.27. The highest BCUT2D eigenvalue weighted by Gasteiger charge is 2.33. The Balaban J connectivity index is 2.20. The van der Waals surface area contributed by atoms with Crippen molar-refractivity contribution in [2.24, 2.45) is 0 Å². The molecule has 0 bridgehead atoms. The normalized spacial score (nSPS) is 11.8. The summed E-state index contributed by atoms with van der Waals surface area (Å²) in [6.07, 6.45) is -4.63. The molecular weight excluding hydrogens is 454 g/mol. The fourth-order valence-corrected chi connectivity index (χ4v) is 3.66. The SMILES string of the molecule is CCOC(=O)c1cc2c(Cl)c(O)c(Cl)cc2n1Cc1ccc(Cl)c(C(F)(F)F)c1. The Morgan fingerprint density at radius 3 is 2.45 bits per heavy atom. The predicted octanol–water partition coefficient (Wildman–Crippen LogP) is 6.55. The highest BCUT2D eigenvalue weighted by molar-refractivity contribution is 6.41. The van der Waals surface area contributed by atoms with Gasteiger partial charge in [-0.15, -0.1) is 0 Å². The summed E-state index contributed by atoms with van der Waals surface area (Å²) < 4.78 is 46.0. The molecule has 2 aromatic carbocycles. The zero-order valence-corrected chi connectivity index (χ0v) is 17.0. The van der Waals surface area contributed by atoms with Crippen molar-refractivity contribution in [1.82, 2.24) is 4.57 Å². The molecule has 10 heteroatoms. The minimum absolute atomic E-state index is 0.0499. The second kappa shape index (κ2) is 7.97. The second-order valence-electron chi connectivity index (χ2n) is 6.10. The van der Waals surface area contributed by atoms with Crippen molar-refractivity contribution in [3.05, 3.63) is 62.2 Å². The number of aromatic nitrogens is 1. The highest BCUT2D eigenvalue weighted by atomic mass is 35.5. The topological polar surface area (TPSA) is 51.5 Å². The van der Waals surface area contributed by atoms with Crippen LogP contribution in [-0.2, 0) is 17.5 Å². The Labute approximate surface area is 178 Å². The maximum absolute atomic E-state index is 13.2. The lowest BCUT2D eigenvalue weighted by molar-refractivity contribution is -0.137. The molecule has 0 saturated heterocycles. The van der Waals surface area contributed by atoms with Crippen molar-refractivity contribution in [2.75, 3.05) is 6.61 Å². The number of aromatic hydroxyl groups is 1. The number of benzene rings is 2. The summed E-state index contributed by atoms with van der Waals surface area (Å²) >= 11 is 17.8. The van der Waals surface area contributed by atoms with Crippen LogP contribution in [0.1, 0.15) is 28.5 Å². The number of rotatable bonds is 4. The number of alkyl halides is 3. The molecule has 0 fully saturated rings. The third-order valence-corrected chi connectivity index (χ3v) is 5.23. The summed E-state index contributed by atoms with van der Waals surface area (Å²) in [4.78, 5) is 12.4. The number of fused-ring (bicyclic) bond motifs is 1. The summed E-state index contributed by atoms with van der Waals surface area (Å²) in [6.45, 7) is 1.60. The van der Waals surface area contributed by atoms with Crippen molar-refractivity contribution >= 4 is 51.7 Å². The first-order chi connectivity index (χ1) is 13.5. The van der Waals surface area contributed by atoms with Gasteiger partial charge in [0, 0.05) is 11.9 Å². The van der Waals surface area contributed by atoms with Gasteiger partial charge in [0.1, 0.15) is 5.69 Å². The number of phenols is 1. The third kappa shape index (κ3) is 4.13. The van der Waals surface area contributed by atoms with Gasteiger partial charge in [-0.2, -0.15) is 13.2 Å². The van der Waals surface area contributed by atoms with E-state index in [0.29, 0.717) is 10.9 Å². The van der Waals surface area contributed by atoms with Crippen molar-refractivity contribution in [3.63, 3.8) is 0 Å². The molecule has 0 atom stereocenters. The molecule has 29 heavy (non-hydrogen) atoms. The van der Waals surface area contributed by atoms with Crippen molar-refractivity contribution in [2.45, 2.75) is 19.6 Å². The number of ether oxygens (including phenoxy) is 1. The molecule has 3 rings (SSSR count). The Bertz CT molecular complexity index is 1110. The molecule has 0 spiro atoms. The molecule has 3 aromatic rings. The quantitative estimate of drug-likeness (QED) is 0.444. The summed E-state index contributed by atoms with van der Waals surface area (Å²) in [7, 11) is 0. The lowest BCUT2D eigenvalue weighted by atomic mass is 10.1. The molecule has 0 aliphatic heterocycles.